The van der Waals surface area contributed by atoms with E-state index in [9.17, 15) is 9.46 Å². The first-order valence-corrected chi connectivity index (χ1v) is 9.75. The summed E-state index contributed by atoms with van der Waals surface area (Å²) in [6.07, 6.45) is 4.12. The molecule has 0 radical (unpaired) electrons. The van der Waals surface area contributed by atoms with Crippen molar-refractivity contribution in [1.29, 1.82) is 5.26 Å². The minimum absolute atomic E-state index is 0.0108. The van der Waals surface area contributed by atoms with Crippen LogP contribution >= 0.6 is 15.5 Å². The van der Waals surface area contributed by atoms with E-state index in [1.165, 1.54) is 0 Å². The summed E-state index contributed by atoms with van der Waals surface area (Å²) in [5.41, 5.74) is 0. The van der Waals surface area contributed by atoms with Gasteiger partial charge in [-0.05, 0) is 17.9 Å². The van der Waals surface area contributed by atoms with E-state index in [0.29, 0.717) is 6.42 Å². The molecule has 5 atom stereocenters. The molecule has 0 aromatic heterocycles. The number of nitriles is 1. The molecule has 1 saturated heterocycles. The largest absolute Gasteiger partial charge is 0.613 e. The fraction of sp³-hybridized carbons (Fsp3) is 0.818. The first-order valence-electron chi connectivity index (χ1n) is 6.28. The molecular formula is C11H21N2O5P2+. The van der Waals surface area contributed by atoms with Crippen molar-refractivity contribution in [2.45, 2.75) is 38.0 Å². The Morgan fingerprint density at radius 3 is 3.00 bits per heavy atom. The first kappa shape index (κ1) is 17.7. The Morgan fingerprint density at radius 2 is 2.40 bits per heavy atom. The van der Waals surface area contributed by atoms with Crippen LogP contribution in [-0.4, -0.2) is 49.3 Å². The minimum atomic E-state index is -2.57. The Labute approximate surface area is 120 Å². The minimum Gasteiger partial charge on any atom is -0.371 e. The van der Waals surface area contributed by atoms with Crippen LogP contribution in [0.2, 0.25) is 0 Å². The normalized spacial score (nSPS) is 29.7. The van der Waals surface area contributed by atoms with Crippen molar-refractivity contribution in [3.05, 3.63) is 0 Å². The highest BCUT2D eigenvalue weighted by Crippen LogP contribution is 2.37. The number of rotatable bonds is 8. The second kappa shape index (κ2) is 8.21. The van der Waals surface area contributed by atoms with Gasteiger partial charge in [0.25, 0.3) is 0 Å². The fourth-order valence-corrected chi connectivity index (χ4v) is 3.17. The second-order valence-corrected chi connectivity index (χ2v) is 8.19. The summed E-state index contributed by atoms with van der Waals surface area (Å²) in [6.45, 7) is 3.77. The van der Waals surface area contributed by atoms with Gasteiger partial charge in [0.15, 0.2) is 0 Å². The third kappa shape index (κ3) is 6.92. The van der Waals surface area contributed by atoms with Crippen LogP contribution < -0.4 is 5.09 Å². The predicted molar refractivity (Wildman–Crippen MR) is 77.8 cm³/mol. The van der Waals surface area contributed by atoms with E-state index in [4.69, 9.17) is 19.0 Å². The molecular weight excluding hydrogens is 302 g/mol. The van der Waals surface area contributed by atoms with Crippen LogP contribution in [0.5, 0.6) is 0 Å². The van der Waals surface area contributed by atoms with Gasteiger partial charge in [-0.15, -0.1) is 4.52 Å². The fourth-order valence-electron chi connectivity index (χ4n) is 1.83. The number of hydrogen-bond acceptors (Lipinski definition) is 6. The van der Waals surface area contributed by atoms with Gasteiger partial charge in [-0.25, -0.2) is 0 Å². The first-order chi connectivity index (χ1) is 9.31. The summed E-state index contributed by atoms with van der Waals surface area (Å²) < 4.78 is 27.6. The number of nitrogens with zero attached hydrogens (tertiary/aromatic N) is 1. The van der Waals surface area contributed by atoms with E-state index in [2.05, 4.69) is 11.4 Å². The van der Waals surface area contributed by atoms with Crippen LogP contribution in [0.3, 0.4) is 0 Å². The molecule has 0 aromatic carbocycles. The Hall–Kier alpha value is -0.310. The number of nitrogens with one attached hydrogen (secondary N) is 1. The number of hydrogen-bond donors (Lipinski definition) is 2. The van der Waals surface area contributed by atoms with Crippen LogP contribution in [0.1, 0.15) is 19.8 Å². The molecule has 0 aromatic rings. The van der Waals surface area contributed by atoms with Gasteiger partial charge in [-0.3, -0.25) is 0 Å². The van der Waals surface area contributed by atoms with Crippen LogP contribution in [0, 0.1) is 11.3 Å². The lowest BCUT2D eigenvalue weighted by atomic mass is 10.1. The van der Waals surface area contributed by atoms with E-state index >= 15 is 0 Å². The molecule has 7 nitrogen and oxygen atoms in total. The summed E-state index contributed by atoms with van der Waals surface area (Å²) in [5.74, 6) is 0. The van der Waals surface area contributed by atoms with E-state index in [1.54, 1.807) is 6.66 Å². The molecule has 20 heavy (non-hydrogen) atoms. The molecule has 1 heterocycles. The third-order valence-electron chi connectivity index (χ3n) is 2.65. The standard InChI is InChI=1S/C11H21N2O5P2/c1-9-7-10(13-19(14)16-6-4-5-12)11(18-9)8-17-20(2,3)15/h9-11,15H,2,4,6-8H2,1,3H3,(H,13,14)/q+1/t9-,10-,11+,20?/m0/s1. The van der Waals surface area contributed by atoms with Gasteiger partial charge in [0.1, 0.15) is 20.1 Å². The molecule has 1 rings (SSSR count). The third-order valence-corrected chi connectivity index (χ3v) is 4.32. The zero-order valence-electron chi connectivity index (χ0n) is 11.7. The van der Waals surface area contributed by atoms with Crippen molar-refractivity contribution in [3.63, 3.8) is 0 Å². The lowest BCUT2D eigenvalue weighted by Gasteiger charge is -2.19. The van der Waals surface area contributed by atoms with Gasteiger partial charge in [-0.2, -0.15) is 5.26 Å². The highest BCUT2D eigenvalue weighted by molar-refractivity contribution is 7.62. The van der Waals surface area contributed by atoms with Crippen molar-refractivity contribution in [2.24, 2.45) is 0 Å². The Balaban J connectivity index is 2.43. The van der Waals surface area contributed by atoms with Crippen LogP contribution in [0.4, 0.5) is 0 Å². The van der Waals surface area contributed by atoms with Gasteiger partial charge in [0.05, 0.1) is 31.2 Å². The second-order valence-electron chi connectivity index (χ2n) is 4.80. The molecule has 0 bridgehead atoms. The van der Waals surface area contributed by atoms with Crippen LogP contribution in [0.25, 0.3) is 0 Å². The Bertz CT molecular complexity index is 420. The zero-order chi connectivity index (χ0) is 15.2. The summed E-state index contributed by atoms with van der Waals surface area (Å²) in [4.78, 5) is 9.54. The maximum atomic E-state index is 11.7. The molecule has 0 amide bonds. The predicted octanol–water partition coefficient (Wildman–Crippen LogP) is 1.63. The summed E-state index contributed by atoms with van der Waals surface area (Å²) in [7, 11) is -4.61. The van der Waals surface area contributed by atoms with Crippen molar-refractivity contribution >= 4 is 21.8 Å². The monoisotopic (exact) mass is 323 g/mol. The van der Waals surface area contributed by atoms with Gasteiger partial charge in [0.2, 0.25) is 0 Å². The van der Waals surface area contributed by atoms with E-state index in [1.807, 2.05) is 13.0 Å². The average Bonchev–Trinajstić information content (AvgIpc) is 2.66. The van der Waals surface area contributed by atoms with Crippen LogP contribution in [0.15, 0.2) is 0 Å². The van der Waals surface area contributed by atoms with Gasteiger partial charge in [0, 0.05) is 6.66 Å². The van der Waals surface area contributed by atoms with Gasteiger partial charge in [-0.1, -0.05) is 11.4 Å². The van der Waals surface area contributed by atoms with Crippen LogP contribution in [-0.2, 0) is 18.3 Å². The average molecular weight is 323 g/mol. The molecule has 1 aliphatic rings. The number of ether oxygens (including phenoxy) is 1. The zero-order valence-corrected chi connectivity index (χ0v) is 13.5. The lowest BCUT2D eigenvalue weighted by molar-refractivity contribution is 0.0210. The molecule has 0 spiro atoms. The maximum absolute atomic E-state index is 11.7. The van der Waals surface area contributed by atoms with Gasteiger partial charge < -0.3 is 14.2 Å². The molecule has 9 heteroatoms. The van der Waals surface area contributed by atoms with Crippen molar-refractivity contribution in [1.82, 2.24) is 5.09 Å². The SMILES string of the molecule is C=P(C)(O)OC[C@H]1O[C@@H](C)C[C@@H]1N[P+](=O)OCCC#N. The lowest BCUT2D eigenvalue weighted by Crippen LogP contribution is -2.35. The summed E-state index contributed by atoms with van der Waals surface area (Å²) in [5, 5.41) is 11.2. The van der Waals surface area contributed by atoms with Crippen molar-refractivity contribution < 1.29 is 23.2 Å². The maximum Gasteiger partial charge on any atom is 0.613 e. The Kier molecular flexibility index (Phi) is 7.28. The molecule has 2 unspecified atom stereocenters. The van der Waals surface area contributed by atoms with Gasteiger partial charge >= 0.3 is 8.18 Å². The van der Waals surface area contributed by atoms with Crippen molar-refractivity contribution in [2.75, 3.05) is 19.9 Å². The van der Waals surface area contributed by atoms with E-state index in [-0.39, 0.29) is 37.9 Å². The molecule has 0 aliphatic carbocycles. The topological polar surface area (TPSA) is 101 Å². The molecule has 1 fully saturated rings. The Morgan fingerprint density at radius 1 is 1.70 bits per heavy atom. The van der Waals surface area contributed by atoms with E-state index in [0.717, 1.165) is 0 Å². The highest BCUT2D eigenvalue weighted by Gasteiger charge is 2.39. The van der Waals surface area contributed by atoms with E-state index < -0.39 is 15.5 Å². The smallest absolute Gasteiger partial charge is 0.371 e. The molecule has 2 N–H and O–H groups in total. The quantitative estimate of drug-likeness (QED) is 0.517. The highest BCUT2D eigenvalue weighted by atomic mass is 31.2. The summed E-state index contributed by atoms with van der Waals surface area (Å²) >= 11 is 0. The molecule has 114 valence electrons. The van der Waals surface area contributed by atoms with Crippen molar-refractivity contribution in [3.8, 4) is 6.07 Å². The summed E-state index contributed by atoms with van der Waals surface area (Å²) in [6, 6.07) is 1.73. The molecule has 1 aliphatic heterocycles. The molecule has 0 saturated carbocycles.